The Bertz CT molecular complexity index is 680. The zero-order valence-corrected chi connectivity index (χ0v) is 11.5. The van der Waals surface area contributed by atoms with E-state index in [0.717, 1.165) is 25.9 Å². The van der Waals surface area contributed by atoms with Crippen LogP contribution in [0.15, 0.2) is 29.5 Å². The van der Waals surface area contributed by atoms with Crippen LogP contribution in [0.25, 0.3) is 5.52 Å². The minimum Gasteiger partial charge on any atom is -0.341 e. The van der Waals surface area contributed by atoms with Crippen LogP contribution in [0.1, 0.15) is 19.8 Å². The first-order valence-corrected chi connectivity index (χ1v) is 6.96. The molecule has 0 spiro atoms. The third kappa shape index (κ3) is 2.33. The Labute approximate surface area is 116 Å². The first-order valence-electron chi connectivity index (χ1n) is 6.96. The normalized spacial score (nSPS) is 16.8. The second kappa shape index (κ2) is 5.11. The molecule has 0 saturated carbocycles. The average molecular weight is 274 g/mol. The van der Waals surface area contributed by atoms with E-state index in [2.05, 4.69) is 12.0 Å². The first kappa shape index (κ1) is 12.9. The highest BCUT2D eigenvalue weighted by molar-refractivity contribution is 5.76. The lowest BCUT2D eigenvalue weighted by atomic mass is 9.99. The summed E-state index contributed by atoms with van der Waals surface area (Å²) >= 11 is 0. The standard InChI is InChI=1S/C14H18N4O2/c1-11-4-7-16(8-5-11)13(19)9-18-14(20)12-3-2-6-17(12)10-15-18/h2-3,6,10-11H,4-5,7-9H2,1H3. The summed E-state index contributed by atoms with van der Waals surface area (Å²) in [5, 5.41) is 4.05. The summed E-state index contributed by atoms with van der Waals surface area (Å²) in [6.45, 7) is 3.79. The summed E-state index contributed by atoms with van der Waals surface area (Å²) in [6.07, 6.45) is 5.39. The van der Waals surface area contributed by atoms with Crippen molar-refractivity contribution in [1.29, 1.82) is 0 Å². The molecule has 0 aliphatic carbocycles. The van der Waals surface area contributed by atoms with E-state index in [9.17, 15) is 9.59 Å². The number of hydrogen-bond donors (Lipinski definition) is 0. The zero-order chi connectivity index (χ0) is 14.1. The fraction of sp³-hybridized carbons (Fsp3) is 0.500. The number of carbonyl (C=O) groups excluding carboxylic acids is 1. The van der Waals surface area contributed by atoms with E-state index in [1.807, 2.05) is 4.90 Å². The number of rotatable bonds is 2. The van der Waals surface area contributed by atoms with Gasteiger partial charge in [-0.1, -0.05) is 6.92 Å². The molecule has 3 rings (SSSR count). The van der Waals surface area contributed by atoms with Crippen LogP contribution in [-0.4, -0.2) is 38.1 Å². The lowest BCUT2D eigenvalue weighted by Gasteiger charge is -2.30. The SMILES string of the molecule is CC1CCN(C(=O)Cn2ncn3cccc3c2=O)CC1. The molecule has 0 radical (unpaired) electrons. The predicted molar refractivity (Wildman–Crippen MR) is 74.4 cm³/mol. The number of likely N-dealkylation sites (tertiary alicyclic amines) is 1. The van der Waals surface area contributed by atoms with Crippen LogP contribution < -0.4 is 5.56 Å². The molecule has 1 amide bonds. The maximum atomic E-state index is 12.2. The molecule has 0 unspecified atom stereocenters. The van der Waals surface area contributed by atoms with Gasteiger partial charge in [0, 0.05) is 19.3 Å². The second-order valence-electron chi connectivity index (χ2n) is 5.46. The van der Waals surface area contributed by atoms with Crippen molar-refractivity contribution in [3.63, 3.8) is 0 Å². The van der Waals surface area contributed by atoms with Gasteiger partial charge < -0.3 is 9.30 Å². The molecule has 0 atom stereocenters. The van der Waals surface area contributed by atoms with Crippen molar-refractivity contribution in [1.82, 2.24) is 19.1 Å². The highest BCUT2D eigenvalue weighted by Crippen LogP contribution is 2.16. The molecule has 3 heterocycles. The van der Waals surface area contributed by atoms with E-state index in [-0.39, 0.29) is 18.0 Å². The average Bonchev–Trinajstić information content (AvgIpc) is 2.92. The number of carbonyl (C=O) groups is 1. The van der Waals surface area contributed by atoms with E-state index < -0.39 is 0 Å². The number of aromatic nitrogens is 3. The van der Waals surface area contributed by atoms with Gasteiger partial charge >= 0.3 is 0 Å². The van der Waals surface area contributed by atoms with Gasteiger partial charge in [-0.15, -0.1) is 0 Å². The molecule has 1 fully saturated rings. The van der Waals surface area contributed by atoms with E-state index in [4.69, 9.17) is 0 Å². The Balaban J connectivity index is 1.77. The summed E-state index contributed by atoms with van der Waals surface area (Å²) in [6, 6.07) is 3.52. The highest BCUT2D eigenvalue weighted by atomic mass is 16.2. The smallest absolute Gasteiger partial charge is 0.291 e. The van der Waals surface area contributed by atoms with Gasteiger partial charge in [0.2, 0.25) is 5.91 Å². The van der Waals surface area contributed by atoms with Crippen molar-refractivity contribution in [2.45, 2.75) is 26.3 Å². The molecule has 1 saturated heterocycles. The highest BCUT2D eigenvalue weighted by Gasteiger charge is 2.21. The summed E-state index contributed by atoms with van der Waals surface area (Å²) in [5.41, 5.74) is 0.316. The quantitative estimate of drug-likeness (QED) is 0.812. The second-order valence-corrected chi connectivity index (χ2v) is 5.46. The van der Waals surface area contributed by atoms with Crippen molar-refractivity contribution in [3.8, 4) is 0 Å². The molecular weight excluding hydrogens is 256 g/mol. The van der Waals surface area contributed by atoms with Gasteiger partial charge in [0.25, 0.3) is 5.56 Å². The van der Waals surface area contributed by atoms with E-state index >= 15 is 0 Å². The maximum Gasteiger partial charge on any atom is 0.291 e. The molecule has 1 aliphatic heterocycles. The number of fused-ring (bicyclic) bond motifs is 1. The van der Waals surface area contributed by atoms with Gasteiger partial charge in [0.1, 0.15) is 18.4 Å². The molecule has 0 aromatic carbocycles. The van der Waals surface area contributed by atoms with E-state index in [0.29, 0.717) is 11.4 Å². The molecule has 106 valence electrons. The Morgan fingerprint density at radius 3 is 2.90 bits per heavy atom. The van der Waals surface area contributed by atoms with Gasteiger partial charge in [-0.25, -0.2) is 4.68 Å². The Hall–Kier alpha value is -2.11. The first-order chi connectivity index (χ1) is 9.65. The molecule has 6 heteroatoms. The molecular formula is C14H18N4O2. The minimum atomic E-state index is -0.226. The van der Waals surface area contributed by atoms with Crippen LogP contribution in [0.2, 0.25) is 0 Å². The fourth-order valence-electron chi connectivity index (χ4n) is 2.58. The van der Waals surface area contributed by atoms with E-state index in [1.54, 1.807) is 29.1 Å². The van der Waals surface area contributed by atoms with Crippen LogP contribution in [-0.2, 0) is 11.3 Å². The molecule has 1 aliphatic rings. The Morgan fingerprint density at radius 2 is 2.15 bits per heavy atom. The molecule has 20 heavy (non-hydrogen) atoms. The number of nitrogens with zero attached hydrogens (tertiary/aromatic N) is 4. The van der Waals surface area contributed by atoms with Crippen molar-refractivity contribution in [2.24, 2.45) is 5.92 Å². The largest absolute Gasteiger partial charge is 0.341 e. The van der Waals surface area contributed by atoms with Crippen molar-refractivity contribution < 1.29 is 4.79 Å². The van der Waals surface area contributed by atoms with Crippen LogP contribution in [0.5, 0.6) is 0 Å². The molecule has 0 bridgehead atoms. The summed E-state index contributed by atoms with van der Waals surface area (Å²) in [5.74, 6) is 0.652. The molecule has 2 aromatic heterocycles. The van der Waals surface area contributed by atoms with Crippen molar-refractivity contribution >= 4 is 11.4 Å². The third-order valence-corrected chi connectivity index (χ3v) is 3.97. The number of amides is 1. The summed E-state index contributed by atoms with van der Waals surface area (Å²) < 4.78 is 2.90. The molecule has 2 aromatic rings. The van der Waals surface area contributed by atoms with E-state index in [1.165, 1.54) is 4.68 Å². The van der Waals surface area contributed by atoms with Gasteiger partial charge in [0.05, 0.1) is 0 Å². The molecule has 6 nitrogen and oxygen atoms in total. The lowest BCUT2D eigenvalue weighted by Crippen LogP contribution is -2.41. The van der Waals surface area contributed by atoms with Gasteiger partial charge in [-0.05, 0) is 30.9 Å². The monoisotopic (exact) mass is 274 g/mol. The van der Waals surface area contributed by atoms with Crippen LogP contribution in [0, 0.1) is 5.92 Å². The molecule has 0 N–H and O–H groups in total. The zero-order valence-electron chi connectivity index (χ0n) is 11.5. The Morgan fingerprint density at radius 1 is 1.40 bits per heavy atom. The van der Waals surface area contributed by atoms with Gasteiger partial charge in [-0.2, -0.15) is 5.10 Å². The lowest BCUT2D eigenvalue weighted by molar-refractivity contribution is -0.133. The minimum absolute atomic E-state index is 0.0227. The third-order valence-electron chi connectivity index (χ3n) is 3.97. The number of hydrogen-bond acceptors (Lipinski definition) is 3. The van der Waals surface area contributed by atoms with Crippen LogP contribution in [0.3, 0.4) is 0 Å². The van der Waals surface area contributed by atoms with Gasteiger partial charge in [0.15, 0.2) is 0 Å². The number of piperidine rings is 1. The van der Waals surface area contributed by atoms with Crippen molar-refractivity contribution in [2.75, 3.05) is 13.1 Å². The van der Waals surface area contributed by atoms with Crippen molar-refractivity contribution in [3.05, 3.63) is 35.0 Å². The van der Waals surface area contributed by atoms with Crippen LogP contribution >= 0.6 is 0 Å². The maximum absolute atomic E-state index is 12.2. The van der Waals surface area contributed by atoms with Crippen LogP contribution in [0.4, 0.5) is 0 Å². The summed E-state index contributed by atoms with van der Waals surface area (Å²) in [4.78, 5) is 26.2. The Kier molecular flexibility index (Phi) is 3.30. The predicted octanol–water partition coefficient (Wildman–Crippen LogP) is 0.754. The fourth-order valence-corrected chi connectivity index (χ4v) is 2.58. The topological polar surface area (TPSA) is 59.6 Å². The van der Waals surface area contributed by atoms with Gasteiger partial charge in [-0.3, -0.25) is 9.59 Å². The summed E-state index contributed by atoms with van der Waals surface area (Å²) in [7, 11) is 0.